The predicted molar refractivity (Wildman–Crippen MR) is 93.1 cm³/mol. The summed E-state index contributed by atoms with van der Waals surface area (Å²) in [5.74, 6) is 1.32. The second kappa shape index (κ2) is 5.89. The van der Waals surface area contributed by atoms with Crippen molar-refractivity contribution in [1.82, 2.24) is 0 Å². The van der Waals surface area contributed by atoms with Crippen molar-refractivity contribution in [3.05, 3.63) is 52.0 Å². The number of ether oxygens (including phenoxy) is 2. The lowest BCUT2D eigenvalue weighted by atomic mass is 9.83. The molecule has 0 atom stereocenters. The van der Waals surface area contributed by atoms with E-state index in [9.17, 15) is 4.79 Å². The molecule has 0 saturated carbocycles. The summed E-state index contributed by atoms with van der Waals surface area (Å²) in [5.41, 5.74) is 2.07. The first-order chi connectivity index (χ1) is 10.9. The van der Waals surface area contributed by atoms with Crippen LogP contribution in [0.5, 0.6) is 11.5 Å². The molecule has 23 heavy (non-hydrogen) atoms. The van der Waals surface area contributed by atoms with E-state index in [0.717, 1.165) is 21.3 Å². The zero-order valence-electron chi connectivity index (χ0n) is 13.3. The maximum Gasteiger partial charge on any atom is 0.234 e. The third-order valence-electron chi connectivity index (χ3n) is 4.09. The van der Waals surface area contributed by atoms with Gasteiger partial charge in [0.05, 0.1) is 5.41 Å². The van der Waals surface area contributed by atoms with Gasteiger partial charge < -0.3 is 14.8 Å². The Morgan fingerprint density at radius 2 is 1.87 bits per heavy atom. The molecule has 1 amide bonds. The second-order valence-electron chi connectivity index (χ2n) is 6.11. The van der Waals surface area contributed by atoms with Gasteiger partial charge in [0, 0.05) is 10.2 Å². The normalized spacial score (nSPS) is 13.0. The van der Waals surface area contributed by atoms with Gasteiger partial charge in [-0.15, -0.1) is 0 Å². The molecule has 0 bridgehead atoms. The highest BCUT2D eigenvalue weighted by Gasteiger charge is 2.31. The summed E-state index contributed by atoms with van der Waals surface area (Å²) in [6.45, 7) is 6.02. The lowest BCUT2D eigenvalue weighted by Crippen LogP contribution is -2.34. The molecule has 1 aliphatic heterocycles. The van der Waals surface area contributed by atoms with E-state index in [1.165, 1.54) is 0 Å². The Morgan fingerprint density at radius 1 is 1.13 bits per heavy atom. The summed E-state index contributed by atoms with van der Waals surface area (Å²) in [6.07, 6.45) is 0. The average Bonchev–Trinajstić information content (AvgIpc) is 2.98. The minimum absolute atomic E-state index is 0.0767. The Balaban J connectivity index is 1.83. The van der Waals surface area contributed by atoms with E-state index in [-0.39, 0.29) is 12.7 Å². The second-order valence-corrected chi connectivity index (χ2v) is 6.97. The van der Waals surface area contributed by atoms with Crippen molar-refractivity contribution in [3.63, 3.8) is 0 Å². The standard InChI is InChI=1S/C18H18BrNO3/c1-11-4-6-13(9-14(11)19)20-17(21)18(2,3)12-5-7-15-16(8-12)23-10-22-15/h4-9H,10H2,1-3H3,(H,20,21). The zero-order valence-corrected chi connectivity index (χ0v) is 14.9. The smallest absolute Gasteiger partial charge is 0.234 e. The van der Waals surface area contributed by atoms with Gasteiger partial charge in [-0.3, -0.25) is 4.79 Å². The van der Waals surface area contributed by atoms with Gasteiger partial charge in [-0.05, 0) is 56.2 Å². The lowest BCUT2D eigenvalue weighted by Gasteiger charge is -2.24. The SMILES string of the molecule is Cc1ccc(NC(=O)C(C)(C)c2ccc3c(c2)OCO3)cc1Br. The number of aryl methyl sites for hydroxylation is 1. The summed E-state index contributed by atoms with van der Waals surface area (Å²) in [5, 5.41) is 2.98. The molecule has 1 N–H and O–H groups in total. The van der Waals surface area contributed by atoms with E-state index in [0.29, 0.717) is 11.5 Å². The van der Waals surface area contributed by atoms with Gasteiger partial charge >= 0.3 is 0 Å². The number of carbonyl (C=O) groups is 1. The molecule has 1 heterocycles. The van der Waals surface area contributed by atoms with E-state index in [4.69, 9.17) is 9.47 Å². The van der Waals surface area contributed by atoms with Gasteiger partial charge in [0.15, 0.2) is 11.5 Å². The van der Waals surface area contributed by atoms with Crippen LogP contribution in [0, 0.1) is 6.92 Å². The first-order valence-corrected chi connectivity index (χ1v) is 8.15. The van der Waals surface area contributed by atoms with Crippen LogP contribution in [-0.2, 0) is 10.2 Å². The van der Waals surface area contributed by atoms with Crippen LogP contribution in [0.2, 0.25) is 0 Å². The van der Waals surface area contributed by atoms with Gasteiger partial charge in [0.2, 0.25) is 12.7 Å². The number of anilines is 1. The Bertz CT molecular complexity index is 771. The van der Waals surface area contributed by atoms with Crippen molar-refractivity contribution < 1.29 is 14.3 Å². The average molecular weight is 376 g/mol. The molecule has 0 spiro atoms. The third kappa shape index (κ3) is 3.06. The minimum Gasteiger partial charge on any atom is -0.454 e. The Morgan fingerprint density at radius 3 is 2.61 bits per heavy atom. The molecule has 2 aromatic carbocycles. The number of benzene rings is 2. The number of nitrogens with one attached hydrogen (secondary N) is 1. The Kier molecular flexibility index (Phi) is 4.06. The van der Waals surface area contributed by atoms with E-state index < -0.39 is 5.41 Å². The fourth-order valence-electron chi connectivity index (χ4n) is 2.37. The van der Waals surface area contributed by atoms with E-state index >= 15 is 0 Å². The minimum atomic E-state index is -0.696. The van der Waals surface area contributed by atoms with Crippen molar-refractivity contribution in [3.8, 4) is 11.5 Å². The van der Waals surface area contributed by atoms with Crippen LogP contribution in [0.25, 0.3) is 0 Å². The first-order valence-electron chi connectivity index (χ1n) is 7.35. The molecule has 0 radical (unpaired) electrons. The summed E-state index contributed by atoms with van der Waals surface area (Å²) >= 11 is 3.48. The summed E-state index contributed by atoms with van der Waals surface area (Å²) in [6, 6.07) is 11.4. The van der Waals surface area contributed by atoms with Crippen LogP contribution in [0.3, 0.4) is 0 Å². The highest BCUT2D eigenvalue weighted by atomic mass is 79.9. The highest BCUT2D eigenvalue weighted by molar-refractivity contribution is 9.10. The molecule has 0 unspecified atom stereocenters. The van der Waals surface area contributed by atoms with E-state index in [2.05, 4.69) is 21.2 Å². The van der Waals surface area contributed by atoms with Crippen molar-refractivity contribution in [2.75, 3.05) is 12.1 Å². The highest BCUT2D eigenvalue weighted by Crippen LogP contribution is 2.37. The quantitative estimate of drug-likeness (QED) is 0.864. The van der Waals surface area contributed by atoms with Gasteiger partial charge in [-0.25, -0.2) is 0 Å². The number of rotatable bonds is 3. The Labute approximate surface area is 143 Å². The summed E-state index contributed by atoms with van der Waals surface area (Å²) in [7, 11) is 0. The maximum atomic E-state index is 12.7. The number of hydrogen-bond acceptors (Lipinski definition) is 3. The van der Waals surface area contributed by atoms with Crippen molar-refractivity contribution in [2.24, 2.45) is 0 Å². The Hall–Kier alpha value is -2.01. The molecule has 0 fully saturated rings. The molecule has 5 heteroatoms. The largest absolute Gasteiger partial charge is 0.454 e. The van der Waals surface area contributed by atoms with Gasteiger partial charge in [0.25, 0.3) is 0 Å². The van der Waals surface area contributed by atoms with Crippen LogP contribution in [0.4, 0.5) is 5.69 Å². The predicted octanol–water partition coefficient (Wildman–Crippen LogP) is 4.40. The molecule has 2 aromatic rings. The zero-order chi connectivity index (χ0) is 16.6. The molecule has 3 rings (SSSR count). The lowest BCUT2D eigenvalue weighted by molar-refractivity contribution is -0.120. The number of amides is 1. The molecule has 0 aliphatic carbocycles. The molecule has 0 saturated heterocycles. The van der Waals surface area contributed by atoms with Crippen LogP contribution in [0.15, 0.2) is 40.9 Å². The molecule has 4 nitrogen and oxygen atoms in total. The molecule has 1 aliphatic rings. The third-order valence-corrected chi connectivity index (χ3v) is 4.95. The van der Waals surface area contributed by atoms with Gasteiger partial charge in [-0.1, -0.05) is 28.1 Å². The summed E-state index contributed by atoms with van der Waals surface area (Å²) in [4.78, 5) is 12.7. The fraction of sp³-hybridized carbons (Fsp3) is 0.278. The van der Waals surface area contributed by atoms with Crippen molar-refractivity contribution in [2.45, 2.75) is 26.2 Å². The van der Waals surface area contributed by atoms with Crippen LogP contribution in [0.1, 0.15) is 25.0 Å². The molecule has 120 valence electrons. The van der Waals surface area contributed by atoms with Gasteiger partial charge in [-0.2, -0.15) is 0 Å². The number of fused-ring (bicyclic) bond motifs is 1. The molecule has 0 aromatic heterocycles. The summed E-state index contributed by atoms with van der Waals surface area (Å²) < 4.78 is 11.7. The topological polar surface area (TPSA) is 47.6 Å². The van der Waals surface area contributed by atoms with Crippen molar-refractivity contribution in [1.29, 1.82) is 0 Å². The van der Waals surface area contributed by atoms with Gasteiger partial charge in [0.1, 0.15) is 0 Å². The maximum absolute atomic E-state index is 12.7. The fourth-order valence-corrected chi connectivity index (χ4v) is 2.75. The first kappa shape index (κ1) is 15.9. The number of halogens is 1. The molecular formula is C18H18BrNO3. The molecular weight excluding hydrogens is 358 g/mol. The number of hydrogen-bond donors (Lipinski definition) is 1. The van der Waals surface area contributed by atoms with Crippen LogP contribution >= 0.6 is 15.9 Å². The van der Waals surface area contributed by atoms with Crippen LogP contribution < -0.4 is 14.8 Å². The van der Waals surface area contributed by atoms with Crippen molar-refractivity contribution >= 4 is 27.5 Å². The van der Waals surface area contributed by atoms with Crippen LogP contribution in [-0.4, -0.2) is 12.7 Å². The van der Waals surface area contributed by atoms with E-state index in [1.54, 1.807) is 0 Å². The van der Waals surface area contributed by atoms with E-state index in [1.807, 2.05) is 57.2 Å². The number of carbonyl (C=O) groups excluding carboxylic acids is 1. The monoisotopic (exact) mass is 375 g/mol.